The molecule has 2 N–H and O–H groups in total. The highest BCUT2D eigenvalue weighted by molar-refractivity contribution is 6.07. The van der Waals surface area contributed by atoms with Gasteiger partial charge in [-0.2, -0.15) is 13.2 Å². The first-order chi connectivity index (χ1) is 19.8. The van der Waals surface area contributed by atoms with Crippen LogP contribution in [0.3, 0.4) is 0 Å². The Hall–Kier alpha value is -4.04. The molecule has 226 valence electrons. The molecule has 3 aromatic rings. The summed E-state index contributed by atoms with van der Waals surface area (Å²) in [4.78, 5) is 34.6. The number of hydrogen-bond donors (Lipinski definition) is 2. The Bertz CT molecular complexity index is 1480. The number of carbonyl (C=O) groups excluding carboxylic acids is 1. The van der Waals surface area contributed by atoms with Crippen LogP contribution in [0.25, 0.3) is 11.1 Å². The number of ether oxygens (including phenoxy) is 2. The zero-order valence-electron chi connectivity index (χ0n) is 23.3. The van der Waals surface area contributed by atoms with Gasteiger partial charge in [0, 0.05) is 68.4 Å². The topological polar surface area (TPSA) is 99.8 Å². The maximum atomic E-state index is 16.3. The van der Waals surface area contributed by atoms with Crippen molar-refractivity contribution in [3.63, 3.8) is 0 Å². The van der Waals surface area contributed by atoms with Crippen molar-refractivity contribution >= 4 is 17.3 Å². The highest BCUT2D eigenvalue weighted by atomic mass is 19.4. The second-order valence-electron chi connectivity index (χ2n) is 10.0. The van der Waals surface area contributed by atoms with E-state index in [2.05, 4.69) is 15.2 Å². The minimum absolute atomic E-state index is 0.00581. The highest BCUT2D eigenvalue weighted by Gasteiger charge is 2.37. The number of amides is 1. The predicted octanol–water partition coefficient (Wildman–Crippen LogP) is 4.54. The molecule has 0 aliphatic carbocycles. The molecule has 0 bridgehead atoms. The molecule has 4 rings (SSSR count). The number of methoxy groups -OCH3 is 1. The van der Waals surface area contributed by atoms with Crippen LogP contribution in [-0.4, -0.2) is 73.3 Å². The van der Waals surface area contributed by atoms with Crippen molar-refractivity contribution in [2.24, 2.45) is 0 Å². The number of anilines is 2. The molecule has 1 aromatic carbocycles. The number of aromatic nitrogens is 2. The zero-order chi connectivity index (χ0) is 30.8. The summed E-state index contributed by atoms with van der Waals surface area (Å²) < 4.78 is 83.2. The van der Waals surface area contributed by atoms with E-state index in [1.165, 1.54) is 25.4 Å². The van der Waals surface area contributed by atoms with Gasteiger partial charge in [0.2, 0.25) is 11.4 Å². The van der Waals surface area contributed by atoms with E-state index < -0.39 is 51.7 Å². The van der Waals surface area contributed by atoms with E-state index in [9.17, 15) is 22.8 Å². The molecule has 42 heavy (non-hydrogen) atoms. The number of nitrogens with zero attached hydrogens (tertiary/aromatic N) is 3. The Balaban J connectivity index is 1.81. The first kappa shape index (κ1) is 30.9. The Kier molecular flexibility index (Phi) is 9.16. The summed E-state index contributed by atoms with van der Waals surface area (Å²) in [7, 11) is 3.40. The highest BCUT2D eigenvalue weighted by Crippen LogP contribution is 2.40. The fourth-order valence-corrected chi connectivity index (χ4v) is 4.76. The van der Waals surface area contributed by atoms with Gasteiger partial charge in [0.1, 0.15) is 18.1 Å². The van der Waals surface area contributed by atoms with Crippen molar-refractivity contribution in [2.75, 3.05) is 50.7 Å². The van der Waals surface area contributed by atoms with E-state index in [1.807, 2.05) is 25.9 Å². The van der Waals surface area contributed by atoms with Crippen molar-refractivity contribution in [2.45, 2.75) is 32.1 Å². The first-order valence-corrected chi connectivity index (χ1v) is 13.0. The molecule has 2 atom stereocenters. The van der Waals surface area contributed by atoms with Gasteiger partial charge < -0.3 is 24.7 Å². The van der Waals surface area contributed by atoms with Gasteiger partial charge in [0.05, 0.1) is 29.0 Å². The van der Waals surface area contributed by atoms with E-state index in [1.54, 1.807) is 4.90 Å². The van der Waals surface area contributed by atoms with Crippen molar-refractivity contribution in [1.82, 2.24) is 14.9 Å². The second kappa shape index (κ2) is 12.4. The molecule has 0 saturated carbocycles. The van der Waals surface area contributed by atoms with Crippen molar-refractivity contribution < 1.29 is 36.2 Å². The van der Waals surface area contributed by atoms with E-state index >= 15 is 8.78 Å². The number of carbonyl (C=O) groups is 1. The maximum absolute atomic E-state index is 16.3. The van der Waals surface area contributed by atoms with Crippen molar-refractivity contribution in [3.05, 3.63) is 69.8 Å². The standard InChI is InChI=1S/C28H30F5N5O4/c1-15-13-38(14-16(2)37(15)3)21-10-20(29)24(17-5-6-23(35-11-17)42-8-7-41-4)25(30)26(21)36-27(40)18-12-34-22(39)9-19(18)28(31,32)33/h5-6,9-12,15-16H,7-8,13-14H2,1-4H3,(H,34,39)(H,36,40). The Labute approximate surface area is 238 Å². The summed E-state index contributed by atoms with van der Waals surface area (Å²) in [5.74, 6) is -3.33. The smallest absolute Gasteiger partial charge is 0.417 e. The molecular formula is C28H30F5N5O4. The number of hydrogen-bond acceptors (Lipinski definition) is 7. The van der Waals surface area contributed by atoms with E-state index in [0.717, 1.165) is 6.07 Å². The predicted molar refractivity (Wildman–Crippen MR) is 146 cm³/mol. The van der Waals surface area contributed by atoms with E-state index in [4.69, 9.17) is 9.47 Å². The van der Waals surface area contributed by atoms with E-state index in [0.29, 0.717) is 25.9 Å². The molecule has 1 aliphatic heterocycles. The van der Waals surface area contributed by atoms with Gasteiger partial charge >= 0.3 is 6.18 Å². The Morgan fingerprint density at radius 3 is 2.43 bits per heavy atom. The summed E-state index contributed by atoms with van der Waals surface area (Å²) in [5, 5.41) is 2.23. The number of pyridine rings is 2. The van der Waals surface area contributed by atoms with Crippen molar-refractivity contribution in [3.8, 4) is 17.0 Å². The maximum Gasteiger partial charge on any atom is 0.417 e. The number of rotatable bonds is 8. The molecule has 1 amide bonds. The second-order valence-corrected chi connectivity index (χ2v) is 10.0. The number of halogens is 5. The van der Waals surface area contributed by atoms with Gasteiger partial charge in [-0.15, -0.1) is 0 Å². The molecule has 9 nitrogen and oxygen atoms in total. The fraction of sp³-hybridized carbons (Fsp3) is 0.393. The summed E-state index contributed by atoms with van der Waals surface area (Å²) in [6.07, 6.45) is -3.26. The quantitative estimate of drug-likeness (QED) is 0.292. The normalized spacial score (nSPS) is 17.8. The van der Waals surface area contributed by atoms with Gasteiger partial charge in [-0.05, 0) is 27.0 Å². The van der Waals surface area contributed by atoms with Gasteiger partial charge in [-0.3, -0.25) is 14.5 Å². The summed E-state index contributed by atoms with van der Waals surface area (Å²) in [6, 6.07) is 3.96. The fourth-order valence-electron chi connectivity index (χ4n) is 4.76. The summed E-state index contributed by atoms with van der Waals surface area (Å²) in [6.45, 7) is 4.97. The lowest BCUT2D eigenvalue weighted by Crippen LogP contribution is -2.55. The van der Waals surface area contributed by atoms with Crippen LogP contribution >= 0.6 is 0 Å². The first-order valence-electron chi connectivity index (χ1n) is 13.0. The lowest BCUT2D eigenvalue weighted by molar-refractivity contribution is -0.138. The Morgan fingerprint density at radius 1 is 1.14 bits per heavy atom. The number of piperazine rings is 1. The number of aromatic amines is 1. The van der Waals surface area contributed by atoms with Crippen LogP contribution in [0.15, 0.2) is 41.5 Å². The van der Waals surface area contributed by atoms with Crippen LogP contribution in [0.5, 0.6) is 5.88 Å². The molecule has 0 radical (unpaired) electrons. The average molecular weight is 596 g/mol. The van der Waals surface area contributed by atoms with Gasteiger partial charge in [0.15, 0.2) is 5.82 Å². The largest absolute Gasteiger partial charge is 0.475 e. The number of likely N-dealkylation sites (N-methyl/N-ethyl adjacent to an activating group) is 1. The number of nitrogens with one attached hydrogen (secondary N) is 2. The molecular weight excluding hydrogens is 565 g/mol. The van der Waals surface area contributed by atoms with Gasteiger partial charge in [-0.25, -0.2) is 13.8 Å². The molecule has 1 saturated heterocycles. The molecule has 0 spiro atoms. The van der Waals surface area contributed by atoms with Crippen LogP contribution in [0.4, 0.5) is 33.3 Å². The van der Waals surface area contributed by atoms with Crippen LogP contribution in [0, 0.1) is 11.6 Å². The third-order valence-electron chi connectivity index (χ3n) is 7.17. The summed E-state index contributed by atoms with van der Waals surface area (Å²) >= 11 is 0. The summed E-state index contributed by atoms with van der Waals surface area (Å²) in [5.41, 5.74) is -4.60. The molecule has 2 aromatic heterocycles. The van der Waals surface area contributed by atoms with Crippen LogP contribution < -0.4 is 20.5 Å². The third-order valence-corrected chi connectivity index (χ3v) is 7.17. The number of H-pyrrole nitrogens is 1. The minimum Gasteiger partial charge on any atom is -0.475 e. The number of benzene rings is 1. The monoisotopic (exact) mass is 595 g/mol. The lowest BCUT2D eigenvalue weighted by atomic mass is 10.0. The molecule has 1 aliphatic rings. The van der Waals surface area contributed by atoms with Crippen LogP contribution in [-0.2, 0) is 10.9 Å². The minimum atomic E-state index is -5.04. The van der Waals surface area contributed by atoms with Crippen LogP contribution in [0.2, 0.25) is 0 Å². The third kappa shape index (κ3) is 6.54. The SMILES string of the molecule is COCCOc1ccc(-c2c(F)cc(N3CC(C)N(C)C(C)C3)c(NC(=O)c3c[nH]c(=O)cc3C(F)(F)F)c2F)cn1. The molecule has 1 fully saturated rings. The number of alkyl halides is 3. The molecule has 2 unspecified atom stereocenters. The molecule has 14 heteroatoms. The van der Waals surface area contributed by atoms with Gasteiger partial charge in [-0.1, -0.05) is 0 Å². The van der Waals surface area contributed by atoms with Crippen molar-refractivity contribution in [1.29, 1.82) is 0 Å². The average Bonchev–Trinajstić information content (AvgIpc) is 2.93. The Morgan fingerprint density at radius 2 is 1.83 bits per heavy atom. The van der Waals surface area contributed by atoms with Gasteiger partial charge in [0.25, 0.3) is 5.91 Å². The zero-order valence-corrected chi connectivity index (χ0v) is 23.3. The van der Waals surface area contributed by atoms with E-state index in [-0.39, 0.29) is 41.9 Å². The van der Waals surface area contributed by atoms with Crippen LogP contribution in [0.1, 0.15) is 29.8 Å². The molecule has 3 heterocycles. The lowest BCUT2D eigenvalue weighted by Gasteiger charge is -2.44.